The van der Waals surface area contributed by atoms with Crippen molar-refractivity contribution in [2.45, 2.75) is 17.9 Å². The van der Waals surface area contributed by atoms with Crippen molar-refractivity contribution in [1.82, 2.24) is 10.2 Å². The summed E-state index contributed by atoms with van der Waals surface area (Å²) in [6.45, 7) is 2.19. The van der Waals surface area contributed by atoms with Crippen LogP contribution in [0, 0.1) is 6.92 Å². The van der Waals surface area contributed by atoms with E-state index in [1.54, 1.807) is 19.2 Å². The Kier molecular flexibility index (Phi) is 7.73. The van der Waals surface area contributed by atoms with Gasteiger partial charge in [0.15, 0.2) is 0 Å². The van der Waals surface area contributed by atoms with Crippen LogP contribution in [0.2, 0.25) is 0 Å². The third-order valence-corrected chi connectivity index (χ3v) is 6.77. The average Bonchev–Trinajstić information content (AvgIpc) is 2.80. The number of methoxy groups -OCH3 is 1. The number of sulfonamides is 1. The van der Waals surface area contributed by atoms with Gasteiger partial charge in [0.1, 0.15) is 5.75 Å². The van der Waals surface area contributed by atoms with Crippen molar-refractivity contribution < 1.29 is 17.9 Å². The van der Waals surface area contributed by atoms with Crippen molar-refractivity contribution in [2.24, 2.45) is 0 Å². The molecule has 7 nitrogen and oxygen atoms in total. The third-order valence-electron chi connectivity index (χ3n) is 5.39. The maximum absolute atomic E-state index is 12.7. The molecule has 0 saturated heterocycles. The molecule has 0 radical (unpaired) electrons. The largest absolute Gasteiger partial charge is 0.496 e. The van der Waals surface area contributed by atoms with Gasteiger partial charge >= 0.3 is 0 Å². The van der Waals surface area contributed by atoms with E-state index in [-0.39, 0.29) is 16.8 Å². The molecule has 3 aromatic rings. The van der Waals surface area contributed by atoms with Crippen LogP contribution < -0.4 is 14.8 Å². The maximum Gasteiger partial charge on any atom is 0.261 e. The molecule has 1 amide bonds. The molecule has 0 aliphatic carbocycles. The zero-order valence-corrected chi connectivity index (χ0v) is 20.0. The highest BCUT2D eigenvalue weighted by Gasteiger charge is 2.20. The van der Waals surface area contributed by atoms with E-state index in [1.807, 2.05) is 62.3 Å². The van der Waals surface area contributed by atoms with Crippen LogP contribution in [0.1, 0.15) is 27.5 Å². The minimum atomic E-state index is -3.76. The Labute approximate surface area is 195 Å². The van der Waals surface area contributed by atoms with E-state index < -0.39 is 10.0 Å². The Balaban J connectivity index is 1.70. The van der Waals surface area contributed by atoms with Crippen molar-refractivity contribution >= 4 is 21.6 Å². The van der Waals surface area contributed by atoms with E-state index in [2.05, 4.69) is 10.0 Å². The molecule has 0 spiro atoms. The Hall–Kier alpha value is -3.36. The second-order valence-corrected chi connectivity index (χ2v) is 9.56. The number of aryl methyl sites for hydroxylation is 1. The van der Waals surface area contributed by atoms with Gasteiger partial charge in [-0.15, -0.1) is 0 Å². The predicted molar refractivity (Wildman–Crippen MR) is 130 cm³/mol. The summed E-state index contributed by atoms with van der Waals surface area (Å²) in [6.07, 6.45) is 0. The maximum atomic E-state index is 12.7. The van der Waals surface area contributed by atoms with Crippen LogP contribution in [0.25, 0.3) is 0 Å². The predicted octanol–water partition coefficient (Wildman–Crippen LogP) is 3.84. The number of benzene rings is 3. The molecular formula is C25H29N3O4S. The van der Waals surface area contributed by atoms with Crippen molar-refractivity contribution in [3.05, 3.63) is 89.5 Å². The number of anilines is 1. The first-order valence-electron chi connectivity index (χ1n) is 10.5. The smallest absolute Gasteiger partial charge is 0.261 e. The molecule has 0 heterocycles. The lowest BCUT2D eigenvalue weighted by molar-refractivity contribution is 0.0941. The highest BCUT2D eigenvalue weighted by Crippen LogP contribution is 2.27. The van der Waals surface area contributed by atoms with Crippen LogP contribution in [0.3, 0.4) is 0 Å². The Bertz CT molecular complexity index is 1210. The highest BCUT2D eigenvalue weighted by molar-refractivity contribution is 7.92. The van der Waals surface area contributed by atoms with Gasteiger partial charge in [0, 0.05) is 17.7 Å². The Morgan fingerprint density at radius 2 is 1.61 bits per heavy atom. The molecule has 1 unspecified atom stereocenters. The van der Waals surface area contributed by atoms with Crippen molar-refractivity contribution in [2.75, 3.05) is 32.5 Å². The molecule has 8 heteroatoms. The molecule has 174 valence electrons. The van der Waals surface area contributed by atoms with Crippen molar-refractivity contribution in [1.29, 1.82) is 0 Å². The summed E-state index contributed by atoms with van der Waals surface area (Å²) in [5, 5.41) is 2.93. The number of carbonyl (C=O) groups is 1. The summed E-state index contributed by atoms with van der Waals surface area (Å²) in [5.74, 6) is 0.466. The molecule has 0 fully saturated rings. The molecule has 3 aromatic carbocycles. The van der Waals surface area contributed by atoms with Crippen LogP contribution in [-0.2, 0) is 10.0 Å². The lowest BCUT2D eigenvalue weighted by Gasteiger charge is -2.26. The minimum absolute atomic E-state index is 0.0856. The van der Waals surface area contributed by atoms with E-state index in [0.717, 1.165) is 16.9 Å². The number of para-hydroxylation sites is 2. The van der Waals surface area contributed by atoms with E-state index in [4.69, 9.17) is 4.74 Å². The monoisotopic (exact) mass is 467 g/mol. The summed E-state index contributed by atoms with van der Waals surface area (Å²) in [6, 6.07) is 20.6. The van der Waals surface area contributed by atoms with E-state index >= 15 is 0 Å². The van der Waals surface area contributed by atoms with Crippen LogP contribution in [-0.4, -0.2) is 47.0 Å². The summed E-state index contributed by atoms with van der Waals surface area (Å²) in [5.41, 5.74) is 2.68. The van der Waals surface area contributed by atoms with Gasteiger partial charge in [-0.05, 0) is 63.0 Å². The number of ether oxygens (including phenoxy) is 1. The lowest BCUT2D eigenvalue weighted by Crippen LogP contribution is -2.34. The first-order chi connectivity index (χ1) is 15.7. The van der Waals surface area contributed by atoms with Crippen LogP contribution in [0.5, 0.6) is 5.75 Å². The van der Waals surface area contributed by atoms with Gasteiger partial charge in [0.25, 0.3) is 15.9 Å². The molecular weight excluding hydrogens is 438 g/mol. The van der Waals surface area contributed by atoms with Crippen LogP contribution >= 0.6 is 0 Å². The van der Waals surface area contributed by atoms with Gasteiger partial charge in [0.05, 0.1) is 23.7 Å². The highest BCUT2D eigenvalue weighted by atomic mass is 32.2. The second kappa shape index (κ2) is 10.5. The second-order valence-electron chi connectivity index (χ2n) is 7.88. The van der Waals surface area contributed by atoms with Gasteiger partial charge in [-0.1, -0.05) is 36.4 Å². The number of nitrogens with one attached hydrogen (secondary N) is 2. The number of amides is 1. The Morgan fingerprint density at radius 1 is 0.970 bits per heavy atom. The normalized spacial score (nSPS) is 12.3. The lowest BCUT2D eigenvalue weighted by atomic mass is 10.0. The van der Waals surface area contributed by atoms with E-state index in [1.165, 1.54) is 24.3 Å². The fourth-order valence-electron chi connectivity index (χ4n) is 3.48. The third kappa shape index (κ3) is 5.91. The molecule has 33 heavy (non-hydrogen) atoms. The number of rotatable bonds is 9. The first-order valence-corrected chi connectivity index (χ1v) is 12.0. The molecule has 0 saturated carbocycles. The molecule has 0 aromatic heterocycles. The van der Waals surface area contributed by atoms with Gasteiger partial charge < -0.3 is 15.0 Å². The molecule has 0 aliphatic rings. The molecule has 1 atom stereocenters. The average molecular weight is 468 g/mol. The number of nitrogens with zero attached hydrogens (tertiary/aromatic N) is 1. The quantitative estimate of drug-likeness (QED) is 0.499. The topological polar surface area (TPSA) is 87.7 Å². The van der Waals surface area contributed by atoms with Gasteiger partial charge in [-0.3, -0.25) is 9.52 Å². The first kappa shape index (κ1) is 24.3. The summed E-state index contributed by atoms with van der Waals surface area (Å²) >= 11 is 0. The van der Waals surface area contributed by atoms with Crippen LogP contribution in [0.15, 0.2) is 77.7 Å². The summed E-state index contributed by atoms with van der Waals surface area (Å²) in [4.78, 5) is 14.8. The Morgan fingerprint density at radius 3 is 2.24 bits per heavy atom. The molecule has 0 bridgehead atoms. The number of hydrogen-bond donors (Lipinski definition) is 2. The van der Waals surface area contributed by atoms with Crippen molar-refractivity contribution in [3.63, 3.8) is 0 Å². The summed E-state index contributed by atoms with van der Waals surface area (Å²) in [7, 11) is 1.73. The number of likely N-dealkylation sites (N-methyl/N-ethyl adjacent to an activating group) is 1. The van der Waals surface area contributed by atoms with Gasteiger partial charge in [0.2, 0.25) is 0 Å². The molecule has 0 aliphatic heterocycles. The fourth-order valence-corrected chi connectivity index (χ4v) is 4.61. The van der Waals surface area contributed by atoms with E-state index in [9.17, 15) is 13.2 Å². The molecule has 2 N–H and O–H groups in total. The standard InChI is InChI=1S/C25H29N3O4S/c1-18-9-5-7-11-22(18)27-33(30,31)20-15-13-19(14-16-20)25(29)26-17-23(28(2)3)21-10-6-8-12-24(21)32-4/h5-16,23,27H,17H2,1-4H3,(H,26,29). The fraction of sp³-hybridized carbons (Fsp3) is 0.240. The minimum Gasteiger partial charge on any atom is -0.496 e. The van der Waals surface area contributed by atoms with Crippen LogP contribution in [0.4, 0.5) is 5.69 Å². The van der Waals surface area contributed by atoms with E-state index in [0.29, 0.717) is 17.8 Å². The van der Waals surface area contributed by atoms with Gasteiger partial charge in [-0.2, -0.15) is 0 Å². The zero-order chi connectivity index (χ0) is 24.0. The van der Waals surface area contributed by atoms with Crippen molar-refractivity contribution in [3.8, 4) is 5.75 Å². The number of carbonyl (C=O) groups excluding carboxylic acids is 1. The summed E-state index contributed by atoms with van der Waals surface area (Å²) < 4.78 is 33.5. The number of hydrogen-bond acceptors (Lipinski definition) is 5. The molecule has 3 rings (SSSR count). The SMILES string of the molecule is COc1ccccc1C(CNC(=O)c1ccc(S(=O)(=O)Nc2ccccc2C)cc1)N(C)C. The van der Waals surface area contributed by atoms with Gasteiger partial charge in [-0.25, -0.2) is 8.42 Å². The zero-order valence-electron chi connectivity index (χ0n) is 19.2.